The maximum Gasteiger partial charge on any atom is 0.319 e. The van der Waals surface area contributed by atoms with Gasteiger partial charge in [-0.15, -0.1) is 0 Å². The number of hydrogen-bond donors (Lipinski definition) is 12. The number of carbonyl (C=O) groups excluding carboxylic acids is 6. The maximum atomic E-state index is 13.7. The zero-order valence-corrected chi connectivity index (χ0v) is 70.0. The van der Waals surface area contributed by atoms with Crippen LogP contribution in [-0.4, -0.2) is 75.5 Å². The smallest absolute Gasteiger partial charge is 0.319 e. The van der Waals surface area contributed by atoms with Gasteiger partial charge in [0.05, 0.1) is 0 Å². The Morgan fingerprint density at radius 1 is 0.167 bits per heavy atom. The highest BCUT2D eigenvalue weighted by atomic mass is 16.2. The van der Waals surface area contributed by atoms with E-state index in [1.165, 1.54) is 116 Å². The molecular weight excluding hydrogens is 1420 g/mol. The zero-order chi connectivity index (χ0) is 81.0. The van der Waals surface area contributed by atoms with Gasteiger partial charge in [0.25, 0.3) is 0 Å². The van der Waals surface area contributed by atoms with Crippen molar-refractivity contribution in [2.45, 2.75) is 273 Å². The normalized spacial score (nSPS) is 11.0. The van der Waals surface area contributed by atoms with Gasteiger partial charge in [-0.3, -0.25) is 0 Å². The largest absolute Gasteiger partial charge is 0.338 e. The van der Waals surface area contributed by atoms with Gasteiger partial charge in [0.2, 0.25) is 0 Å². The van der Waals surface area contributed by atoms with Crippen LogP contribution in [-0.2, 0) is 0 Å². The molecule has 7 aromatic carbocycles. The first-order chi connectivity index (χ1) is 55.9. The summed E-state index contributed by atoms with van der Waals surface area (Å²) in [6.07, 6.45) is 39.7. The van der Waals surface area contributed by atoms with E-state index in [1.54, 1.807) is 0 Å². The molecule has 0 aliphatic heterocycles. The lowest BCUT2D eigenvalue weighted by atomic mass is 9.74. The van der Waals surface area contributed by atoms with Gasteiger partial charge in [-0.2, -0.15) is 0 Å². The third-order valence-electron chi connectivity index (χ3n) is 21.0. The van der Waals surface area contributed by atoms with Crippen LogP contribution in [0, 0.1) is 0 Å². The van der Waals surface area contributed by atoms with Crippen molar-refractivity contribution in [3.8, 4) is 66.8 Å². The molecule has 0 aromatic heterocycles. The summed E-state index contributed by atoms with van der Waals surface area (Å²) in [5, 5.41) is 37.2. The van der Waals surface area contributed by atoms with Crippen LogP contribution < -0.4 is 63.8 Å². The van der Waals surface area contributed by atoms with Crippen LogP contribution in [0.15, 0.2) is 146 Å². The SMILES string of the molecule is CCCCCCCCNC(=O)Nc1ccc(-c2c(-c3ccc(NC(=O)NCCCCCCCC)cc3)c(-c3ccc(NC(=O)NCCCCCCCC)cc3)c(-c3ccc(NC(=O)NCCCCCCCC)cc3)c(-c3ccc(NC(=O)NCCCCCCCC)cc3)c2-c2ccc(NC(=O)NCCCCCCCC)cc2)cc1. The zero-order valence-electron chi connectivity index (χ0n) is 70.0. The maximum absolute atomic E-state index is 13.7. The highest BCUT2D eigenvalue weighted by molar-refractivity contribution is 6.16. The molecule has 0 radical (unpaired) electrons. The molecule has 0 heterocycles. The van der Waals surface area contributed by atoms with E-state index in [2.05, 4.69) is 105 Å². The van der Waals surface area contributed by atoms with Crippen molar-refractivity contribution in [1.29, 1.82) is 0 Å². The number of hydrogen-bond acceptors (Lipinski definition) is 6. The predicted molar refractivity (Wildman–Crippen MR) is 481 cm³/mol. The topological polar surface area (TPSA) is 247 Å². The second kappa shape index (κ2) is 54.8. The number of carbonyl (C=O) groups is 6. The molecule has 0 saturated heterocycles. The molecule has 12 N–H and O–H groups in total. The molecule has 0 saturated carbocycles. The summed E-state index contributed by atoms with van der Waals surface area (Å²) in [7, 11) is 0. The average Bonchev–Trinajstić information content (AvgIpc) is 0.715. The molecule has 7 aromatic rings. The quantitative estimate of drug-likeness (QED) is 0.0165. The second-order valence-corrected chi connectivity index (χ2v) is 30.6. The van der Waals surface area contributed by atoms with Crippen LogP contribution in [0.5, 0.6) is 0 Å². The van der Waals surface area contributed by atoms with E-state index in [0.717, 1.165) is 182 Å². The Hall–Kier alpha value is -9.84. The van der Waals surface area contributed by atoms with Crippen molar-refractivity contribution in [3.05, 3.63) is 146 Å². The minimum atomic E-state index is -0.294. The summed E-state index contributed by atoms with van der Waals surface area (Å²) in [5.41, 5.74) is 13.2. The standard InChI is InChI=1S/C96H138N12O6/c1-7-13-19-25-31-37-67-97-91(109)103-79-55-43-73(44-56-79)85-86(74-45-57-80(58-46-74)104-92(110)98-68-38-32-26-20-14-8-2)88(76-49-61-82(62-50-76)106-94(112)100-70-40-34-28-22-16-10-4)90(78-53-65-84(66-54-78)108-96(114)102-72-42-36-30-24-18-12-6)89(77-51-63-83(64-52-77)107-95(113)101-71-41-35-29-23-17-11-5)87(85)75-47-59-81(60-48-75)105-93(111)99-69-39-33-27-21-15-9-3/h43-66H,7-42,67-72H2,1-6H3,(H2,97,103,109)(H2,98,104,110)(H2,99,105,111)(H2,100,106,112)(H2,101,107,113)(H2,102,108,114). The molecule has 18 nitrogen and oxygen atoms in total. The molecule has 0 atom stereocenters. The van der Waals surface area contributed by atoms with Crippen LogP contribution in [0.4, 0.5) is 62.9 Å². The summed E-state index contributed by atoms with van der Waals surface area (Å²) in [4.78, 5) is 82.4. The molecule has 7 rings (SSSR count). The highest BCUT2D eigenvalue weighted by Gasteiger charge is 2.30. The van der Waals surface area contributed by atoms with E-state index < -0.39 is 0 Å². The molecule has 12 amide bonds. The van der Waals surface area contributed by atoms with Crippen LogP contribution in [0.2, 0.25) is 0 Å². The van der Waals surface area contributed by atoms with Gasteiger partial charge >= 0.3 is 36.2 Å². The number of rotatable bonds is 54. The van der Waals surface area contributed by atoms with Crippen LogP contribution >= 0.6 is 0 Å². The van der Waals surface area contributed by atoms with Crippen molar-refractivity contribution in [3.63, 3.8) is 0 Å². The lowest BCUT2D eigenvalue weighted by Crippen LogP contribution is -2.29. The first kappa shape index (κ1) is 91.3. The van der Waals surface area contributed by atoms with Crippen LogP contribution in [0.1, 0.15) is 273 Å². The Labute approximate surface area is 683 Å². The van der Waals surface area contributed by atoms with Crippen LogP contribution in [0.3, 0.4) is 0 Å². The summed E-state index contributed by atoms with van der Waals surface area (Å²) in [6, 6.07) is 45.9. The molecule has 0 aliphatic rings. The summed E-state index contributed by atoms with van der Waals surface area (Å²) in [5.74, 6) is 0. The minimum Gasteiger partial charge on any atom is -0.338 e. The van der Waals surface area contributed by atoms with E-state index in [4.69, 9.17) is 0 Å². The Bertz CT molecular complexity index is 3230. The average molecular weight is 1560 g/mol. The Balaban J connectivity index is 1.49. The number of unbranched alkanes of at least 4 members (excludes halogenated alkanes) is 30. The fourth-order valence-electron chi connectivity index (χ4n) is 14.5. The van der Waals surface area contributed by atoms with E-state index in [9.17, 15) is 28.8 Å². The number of urea groups is 6. The van der Waals surface area contributed by atoms with E-state index >= 15 is 0 Å². The van der Waals surface area contributed by atoms with Gasteiger partial charge in [0.15, 0.2) is 0 Å². The minimum absolute atomic E-state index is 0.294. The van der Waals surface area contributed by atoms with Crippen LogP contribution in [0.25, 0.3) is 66.8 Å². The molecular formula is C96H138N12O6. The molecule has 0 fully saturated rings. The monoisotopic (exact) mass is 1560 g/mol. The van der Waals surface area contributed by atoms with E-state index in [1.807, 2.05) is 146 Å². The van der Waals surface area contributed by atoms with Crippen molar-refractivity contribution in [1.82, 2.24) is 31.9 Å². The fourth-order valence-corrected chi connectivity index (χ4v) is 14.5. The number of amides is 12. The highest BCUT2D eigenvalue weighted by Crippen LogP contribution is 2.56. The van der Waals surface area contributed by atoms with Crippen molar-refractivity contribution in [2.24, 2.45) is 0 Å². The third-order valence-corrected chi connectivity index (χ3v) is 21.0. The molecule has 0 spiro atoms. The van der Waals surface area contributed by atoms with Gasteiger partial charge < -0.3 is 63.8 Å². The fraction of sp³-hybridized carbons (Fsp3) is 0.500. The van der Waals surface area contributed by atoms with E-state index in [-0.39, 0.29) is 36.2 Å². The number of nitrogens with one attached hydrogen (secondary N) is 12. The lowest BCUT2D eigenvalue weighted by molar-refractivity contribution is 0.251. The summed E-state index contributed by atoms with van der Waals surface area (Å²) >= 11 is 0. The van der Waals surface area contributed by atoms with E-state index in [0.29, 0.717) is 73.4 Å². The van der Waals surface area contributed by atoms with Gasteiger partial charge in [-0.25, -0.2) is 28.8 Å². The lowest BCUT2D eigenvalue weighted by Gasteiger charge is -2.29. The van der Waals surface area contributed by atoms with Crippen molar-refractivity contribution in [2.75, 3.05) is 71.2 Å². The Morgan fingerprint density at radius 3 is 0.404 bits per heavy atom. The Kier molecular flexibility index (Phi) is 43.9. The first-order valence-corrected chi connectivity index (χ1v) is 44.0. The van der Waals surface area contributed by atoms with Gasteiger partial charge in [0, 0.05) is 73.4 Å². The molecule has 618 valence electrons. The molecule has 0 unspecified atom stereocenters. The molecule has 18 heteroatoms. The Morgan fingerprint density at radius 2 is 0.281 bits per heavy atom. The third kappa shape index (κ3) is 33.7. The molecule has 0 bridgehead atoms. The first-order valence-electron chi connectivity index (χ1n) is 44.0. The van der Waals surface area contributed by atoms with Gasteiger partial charge in [-0.05, 0) is 178 Å². The van der Waals surface area contributed by atoms with Crippen molar-refractivity contribution >= 4 is 70.3 Å². The summed E-state index contributed by atoms with van der Waals surface area (Å²) in [6.45, 7) is 16.6. The predicted octanol–water partition coefficient (Wildman–Crippen LogP) is 26.6. The number of anilines is 6. The van der Waals surface area contributed by atoms with Gasteiger partial charge in [-0.1, -0.05) is 307 Å². The van der Waals surface area contributed by atoms with Gasteiger partial charge in [0.1, 0.15) is 0 Å². The number of benzene rings is 7. The van der Waals surface area contributed by atoms with Crippen molar-refractivity contribution < 1.29 is 28.8 Å². The molecule has 0 aliphatic carbocycles. The second-order valence-electron chi connectivity index (χ2n) is 30.6. The molecule has 114 heavy (non-hydrogen) atoms. The summed E-state index contributed by atoms with van der Waals surface area (Å²) < 4.78 is 0.